The fraction of sp³-hybridized carbons (Fsp3) is 0.634. The summed E-state index contributed by atoms with van der Waals surface area (Å²) < 4.78 is 0. The Kier molecular flexibility index (Phi) is 23.7. The summed E-state index contributed by atoms with van der Waals surface area (Å²) in [5, 5.41) is 56.4. The van der Waals surface area contributed by atoms with Crippen molar-refractivity contribution in [3.05, 3.63) is 29.8 Å². The number of aromatic hydroxyl groups is 1. The van der Waals surface area contributed by atoms with Gasteiger partial charge in [-0.3, -0.25) is 38.4 Å². The summed E-state index contributed by atoms with van der Waals surface area (Å²) >= 11 is 3.95. The van der Waals surface area contributed by atoms with Crippen molar-refractivity contribution in [3.63, 3.8) is 0 Å². The third kappa shape index (κ3) is 19.2. The second-order valence-electron chi connectivity index (χ2n) is 16.3. The molecular weight excluding hydrogens is 845 g/mol. The van der Waals surface area contributed by atoms with E-state index in [1.54, 1.807) is 41.5 Å². The maximum Gasteiger partial charge on any atom is 0.326 e. The molecule has 63 heavy (non-hydrogen) atoms. The van der Waals surface area contributed by atoms with Crippen molar-refractivity contribution < 1.29 is 63.6 Å². The normalized spacial score (nSPS) is 16.0. The highest BCUT2D eigenvalue weighted by Gasteiger charge is 2.36. The summed E-state index contributed by atoms with van der Waals surface area (Å²) in [6.45, 7) is 12.6. The first kappa shape index (κ1) is 55.5. The van der Waals surface area contributed by atoms with Crippen LogP contribution >= 0.6 is 12.6 Å². The number of amides is 7. The molecule has 0 bridgehead atoms. The van der Waals surface area contributed by atoms with Gasteiger partial charge in [0.25, 0.3) is 0 Å². The van der Waals surface area contributed by atoms with E-state index in [-0.39, 0.29) is 30.3 Å². The molecule has 0 aliphatic heterocycles. The topological polar surface area (TPSA) is 345 Å². The quantitative estimate of drug-likeness (QED) is 0.0456. The van der Waals surface area contributed by atoms with Crippen LogP contribution in [0.15, 0.2) is 24.3 Å². The lowest BCUT2D eigenvalue weighted by molar-refractivity contribution is -0.143. The molecule has 22 heteroatoms. The predicted octanol–water partition coefficient (Wildman–Crippen LogP) is -1.32. The Balaban J connectivity index is 3.33. The first-order valence-corrected chi connectivity index (χ1v) is 21.4. The van der Waals surface area contributed by atoms with Crippen molar-refractivity contribution in [2.75, 3.05) is 5.75 Å². The van der Waals surface area contributed by atoms with Gasteiger partial charge < -0.3 is 63.4 Å². The maximum absolute atomic E-state index is 14.0. The molecule has 0 unspecified atom stereocenters. The molecule has 0 spiro atoms. The van der Waals surface area contributed by atoms with E-state index >= 15 is 0 Å². The van der Waals surface area contributed by atoms with Gasteiger partial charge in [0.2, 0.25) is 41.4 Å². The molecule has 1 rings (SSSR count). The number of hydrogen-bond acceptors (Lipinski definition) is 13. The number of carboxylic acids is 2. The number of hydrogen-bond donors (Lipinski definition) is 13. The molecule has 0 fully saturated rings. The number of carboxylic acid groups (broad SMARTS) is 2. The van der Waals surface area contributed by atoms with Crippen LogP contribution in [0.4, 0.5) is 0 Å². The molecule has 0 aromatic heterocycles. The maximum atomic E-state index is 14.0. The van der Waals surface area contributed by atoms with E-state index in [1.807, 2.05) is 0 Å². The van der Waals surface area contributed by atoms with Crippen LogP contribution in [-0.2, 0) is 49.6 Å². The van der Waals surface area contributed by atoms with Crippen LogP contribution < -0.4 is 43.0 Å². The summed E-state index contributed by atoms with van der Waals surface area (Å²) in [5.41, 5.74) is 6.16. The standard InChI is InChI=1S/C41H66N8O13S/c1-9-21(6)32(39(59)45-28(17-24-10-12-25(51)13-11-24)37(57)46-29(41(61)62)16-19(2)3)48-36(56)27(14-15-30(52)53)44-34(54)22(7)43-38(58)31(20(4)5)47-40(60)33(23(8)50)49-35(55)26(42)18-63/h10-13,19-23,26-29,31-33,50-51,63H,9,14-18,42H2,1-8H3,(H,43,58)(H,44,54)(H,45,59)(H,46,57)(H,47,60)(H,48,56)(H,49,55)(H,52,53)(H,61,62)/t21-,22-,23+,26-,27-,28-,29-,31-,32-,33-/m0/s1. The second-order valence-corrected chi connectivity index (χ2v) is 16.7. The van der Waals surface area contributed by atoms with Gasteiger partial charge in [-0.2, -0.15) is 12.6 Å². The van der Waals surface area contributed by atoms with Crippen LogP contribution in [0.2, 0.25) is 0 Å². The lowest BCUT2D eigenvalue weighted by Crippen LogP contribution is -2.62. The molecule has 354 valence electrons. The van der Waals surface area contributed by atoms with Crippen molar-refractivity contribution in [1.82, 2.24) is 37.2 Å². The number of carbonyl (C=O) groups excluding carboxylic acids is 7. The molecule has 0 saturated carbocycles. The number of aliphatic hydroxyl groups excluding tert-OH is 1. The molecule has 10 atom stereocenters. The Morgan fingerprint density at radius 3 is 1.62 bits per heavy atom. The van der Waals surface area contributed by atoms with Gasteiger partial charge in [0, 0.05) is 18.6 Å². The van der Waals surface area contributed by atoms with Crippen LogP contribution in [0.5, 0.6) is 5.75 Å². The minimum absolute atomic E-state index is 0.0518. The Labute approximate surface area is 372 Å². The minimum atomic E-state index is -1.56. The average molecular weight is 911 g/mol. The molecule has 7 amide bonds. The van der Waals surface area contributed by atoms with E-state index in [1.165, 1.54) is 38.1 Å². The zero-order valence-corrected chi connectivity index (χ0v) is 37.9. The summed E-state index contributed by atoms with van der Waals surface area (Å²) in [5.74, 6) is -10.1. The molecule has 21 nitrogen and oxygen atoms in total. The van der Waals surface area contributed by atoms with Gasteiger partial charge in [-0.1, -0.05) is 60.1 Å². The summed E-state index contributed by atoms with van der Waals surface area (Å²) in [6, 6.07) is -5.08. The lowest BCUT2D eigenvalue weighted by Gasteiger charge is -2.29. The number of phenols is 1. The number of aliphatic carboxylic acids is 2. The van der Waals surface area contributed by atoms with Gasteiger partial charge in [-0.15, -0.1) is 0 Å². The van der Waals surface area contributed by atoms with Crippen LogP contribution in [0.3, 0.4) is 0 Å². The Bertz CT molecular complexity index is 1750. The van der Waals surface area contributed by atoms with E-state index in [0.29, 0.717) is 12.0 Å². The summed E-state index contributed by atoms with van der Waals surface area (Å²) in [6.07, 6.45) is -2.19. The number of rotatable bonds is 27. The number of thiol groups is 1. The van der Waals surface area contributed by atoms with Gasteiger partial charge in [-0.25, -0.2) is 4.79 Å². The minimum Gasteiger partial charge on any atom is -0.508 e. The SMILES string of the molecule is CC[C@H](C)[C@H](NC(=O)[C@H](CCC(=O)O)NC(=O)[C@H](C)NC(=O)[C@@H](NC(=O)[C@@H](NC(=O)[C@@H](N)CS)[C@@H](C)O)C(C)C)C(=O)N[C@@H](Cc1ccc(O)cc1)C(=O)N[C@@H](CC(C)C)C(=O)O. The fourth-order valence-electron chi connectivity index (χ4n) is 5.99. The second kappa shape index (κ2) is 26.9. The largest absolute Gasteiger partial charge is 0.508 e. The number of benzene rings is 1. The number of nitrogens with two attached hydrogens (primary N) is 1. The van der Waals surface area contributed by atoms with Crippen LogP contribution in [0.1, 0.15) is 86.6 Å². The zero-order valence-electron chi connectivity index (χ0n) is 37.0. The Morgan fingerprint density at radius 2 is 1.13 bits per heavy atom. The van der Waals surface area contributed by atoms with E-state index in [4.69, 9.17) is 5.73 Å². The molecule has 0 heterocycles. The van der Waals surface area contributed by atoms with Gasteiger partial charge in [0.05, 0.1) is 12.1 Å². The van der Waals surface area contributed by atoms with E-state index < -0.39 is 132 Å². The van der Waals surface area contributed by atoms with E-state index in [9.17, 15) is 63.6 Å². The van der Waals surface area contributed by atoms with E-state index in [2.05, 4.69) is 49.8 Å². The van der Waals surface area contributed by atoms with Crippen molar-refractivity contribution >= 4 is 65.9 Å². The van der Waals surface area contributed by atoms with Crippen LogP contribution in [0.25, 0.3) is 0 Å². The predicted molar refractivity (Wildman–Crippen MR) is 233 cm³/mol. The fourth-order valence-corrected chi connectivity index (χ4v) is 6.15. The first-order chi connectivity index (χ1) is 29.3. The molecule has 1 aromatic rings. The highest BCUT2D eigenvalue weighted by atomic mass is 32.1. The number of carbonyl (C=O) groups is 9. The van der Waals surface area contributed by atoms with Crippen molar-refractivity contribution in [2.24, 2.45) is 23.5 Å². The third-order valence-electron chi connectivity index (χ3n) is 10.00. The molecule has 0 saturated heterocycles. The van der Waals surface area contributed by atoms with Gasteiger partial charge in [-0.05, 0) is 62.1 Å². The average Bonchev–Trinajstić information content (AvgIpc) is 3.20. The van der Waals surface area contributed by atoms with Gasteiger partial charge in [0.1, 0.15) is 48.0 Å². The molecule has 13 N–H and O–H groups in total. The highest BCUT2D eigenvalue weighted by molar-refractivity contribution is 7.80. The number of nitrogens with one attached hydrogen (secondary N) is 7. The lowest BCUT2D eigenvalue weighted by atomic mass is 9.96. The number of aliphatic hydroxyl groups is 1. The molecule has 0 aliphatic rings. The Morgan fingerprint density at radius 1 is 0.635 bits per heavy atom. The first-order valence-electron chi connectivity index (χ1n) is 20.7. The molecule has 0 aliphatic carbocycles. The zero-order chi connectivity index (χ0) is 48.3. The summed E-state index contributed by atoms with van der Waals surface area (Å²) in [4.78, 5) is 117. The molecule has 1 aromatic carbocycles. The van der Waals surface area contributed by atoms with Gasteiger partial charge in [0.15, 0.2) is 0 Å². The van der Waals surface area contributed by atoms with Gasteiger partial charge >= 0.3 is 11.9 Å². The Hall–Kier alpha value is -5.48. The monoisotopic (exact) mass is 910 g/mol. The van der Waals surface area contributed by atoms with E-state index in [0.717, 1.165) is 0 Å². The molecule has 0 radical (unpaired) electrons. The van der Waals surface area contributed by atoms with Crippen LogP contribution in [0, 0.1) is 17.8 Å². The van der Waals surface area contributed by atoms with Crippen molar-refractivity contribution in [1.29, 1.82) is 0 Å². The number of phenolic OH excluding ortho intramolecular Hbond substituents is 1. The third-order valence-corrected chi connectivity index (χ3v) is 10.4. The van der Waals surface area contributed by atoms with Crippen molar-refractivity contribution in [3.8, 4) is 5.75 Å². The molecular formula is C41H66N8O13S. The highest BCUT2D eigenvalue weighted by Crippen LogP contribution is 2.15. The van der Waals surface area contributed by atoms with Crippen LogP contribution in [-0.4, -0.2) is 134 Å². The smallest absolute Gasteiger partial charge is 0.326 e. The summed E-state index contributed by atoms with van der Waals surface area (Å²) in [7, 11) is 0. The van der Waals surface area contributed by atoms with Crippen molar-refractivity contribution in [2.45, 2.75) is 142 Å².